The number of carbonyl (C=O) groups is 2. The van der Waals surface area contributed by atoms with Crippen molar-refractivity contribution in [3.63, 3.8) is 0 Å². The first-order valence-electron chi connectivity index (χ1n) is 8.64. The molecule has 0 spiro atoms. The SMILES string of the molecule is COc1ccccc1NC(=O)/C(=C/c1cccs1)NC(=O)c1ccc(C)cc1. The largest absolute Gasteiger partial charge is 0.495 e. The number of carbonyl (C=O) groups excluding carboxylic acids is 2. The van der Waals surface area contributed by atoms with Gasteiger partial charge in [0.15, 0.2) is 0 Å². The summed E-state index contributed by atoms with van der Waals surface area (Å²) in [6, 6.07) is 18.0. The van der Waals surface area contributed by atoms with Crippen LogP contribution in [0.5, 0.6) is 5.75 Å². The van der Waals surface area contributed by atoms with Crippen molar-refractivity contribution in [2.75, 3.05) is 12.4 Å². The van der Waals surface area contributed by atoms with Crippen LogP contribution in [0.1, 0.15) is 20.8 Å². The minimum Gasteiger partial charge on any atom is -0.495 e. The number of aryl methyl sites for hydroxylation is 1. The molecule has 0 aliphatic heterocycles. The van der Waals surface area contributed by atoms with E-state index >= 15 is 0 Å². The summed E-state index contributed by atoms with van der Waals surface area (Å²) in [6.45, 7) is 1.95. The van der Waals surface area contributed by atoms with Crippen LogP contribution < -0.4 is 15.4 Å². The van der Waals surface area contributed by atoms with Gasteiger partial charge in [0.1, 0.15) is 11.4 Å². The van der Waals surface area contributed by atoms with Crippen molar-refractivity contribution in [3.05, 3.63) is 87.7 Å². The van der Waals surface area contributed by atoms with E-state index in [9.17, 15) is 9.59 Å². The number of hydrogen-bond donors (Lipinski definition) is 2. The van der Waals surface area contributed by atoms with Gasteiger partial charge >= 0.3 is 0 Å². The average molecular weight is 392 g/mol. The maximum absolute atomic E-state index is 12.9. The zero-order chi connectivity index (χ0) is 19.9. The molecule has 3 rings (SSSR count). The highest BCUT2D eigenvalue weighted by molar-refractivity contribution is 7.10. The topological polar surface area (TPSA) is 67.4 Å². The summed E-state index contributed by atoms with van der Waals surface area (Å²) >= 11 is 1.48. The molecule has 0 fully saturated rings. The lowest BCUT2D eigenvalue weighted by molar-refractivity contribution is -0.113. The minimum absolute atomic E-state index is 0.152. The molecule has 0 saturated carbocycles. The maximum atomic E-state index is 12.9. The molecule has 2 amide bonds. The number of para-hydroxylation sites is 2. The van der Waals surface area contributed by atoms with Crippen LogP contribution in [0.4, 0.5) is 5.69 Å². The van der Waals surface area contributed by atoms with E-state index in [4.69, 9.17) is 4.74 Å². The average Bonchev–Trinajstić information content (AvgIpc) is 3.21. The lowest BCUT2D eigenvalue weighted by Gasteiger charge is -2.13. The number of hydrogen-bond acceptors (Lipinski definition) is 4. The van der Waals surface area contributed by atoms with E-state index < -0.39 is 5.91 Å². The van der Waals surface area contributed by atoms with Gasteiger partial charge in [0.25, 0.3) is 11.8 Å². The minimum atomic E-state index is -0.432. The van der Waals surface area contributed by atoms with E-state index in [-0.39, 0.29) is 11.6 Å². The van der Waals surface area contributed by atoms with Crippen LogP contribution in [0.25, 0.3) is 6.08 Å². The lowest BCUT2D eigenvalue weighted by atomic mass is 10.1. The molecule has 0 aliphatic rings. The van der Waals surface area contributed by atoms with Crippen LogP contribution >= 0.6 is 11.3 Å². The van der Waals surface area contributed by atoms with Gasteiger partial charge < -0.3 is 15.4 Å². The predicted molar refractivity (Wildman–Crippen MR) is 113 cm³/mol. The molecule has 6 heteroatoms. The van der Waals surface area contributed by atoms with E-state index in [1.54, 1.807) is 36.4 Å². The van der Waals surface area contributed by atoms with Crippen molar-refractivity contribution in [2.24, 2.45) is 0 Å². The van der Waals surface area contributed by atoms with Crippen LogP contribution in [0, 0.1) is 6.92 Å². The molecular weight excluding hydrogens is 372 g/mol. The summed E-state index contributed by atoms with van der Waals surface area (Å²) in [5.41, 5.74) is 2.21. The molecule has 28 heavy (non-hydrogen) atoms. The second kappa shape index (κ2) is 9.01. The molecule has 2 N–H and O–H groups in total. The standard InChI is InChI=1S/C22H20N2O3S/c1-15-9-11-16(12-10-15)21(25)24-19(14-17-6-5-13-28-17)22(26)23-18-7-3-4-8-20(18)27-2/h3-14H,1-2H3,(H,23,26)(H,24,25)/b19-14-. The molecule has 142 valence electrons. The Kier molecular flexibility index (Phi) is 6.24. The van der Waals surface area contributed by atoms with Crippen molar-refractivity contribution in [1.29, 1.82) is 0 Å². The van der Waals surface area contributed by atoms with Crippen LogP contribution in [-0.4, -0.2) is 18.9 Å². The Labute approximate surface area is 167 Å². The summed E-state index contributed by atoms with van der Waals surface area (Å²) in [5.74, 6) is -0.243. The first-order valence-corrected chi connectivity index (χ1v) is 9.52. The molecule has 3 aromatic rings. The summed E-state index contributed by atoms with van der Waals surface area (Å²) in [7, 11) is 1.53. The maximum Gasteiger partial charge on any atom is 0.272 e. The van der Waals surface area contributed by atoms with Gasteiger partial charge in [-0.05, 0) is 48.7 Å². The smallest absolute Gasteiger partial charge is 0.272 e. The predicted octanol–water partition coefficient (Wildman–Crippen LogP) is 4.47. The third-order valence-electron chi connectivity index (χ3n) is 3.99. The molecule has 2 aromatic carbocycles. The second-order valence-corrected chi connectivity index (χ2v) is 7.03. The quantitative estimate of drug-likeness (QED) is 0.608. The molecule has 0 aliphatic carbocycles. The molecule has 0 unspecified atom stereocenters. The summed E-state index contributed by atoms with van der Waals surface area (Å²) < 4.78 is 5.27. The number of benzene rings is 2. The molecule has 1 aromatic heterocycles. The van der Waals surface area contributed by atoms with Crippen LogP contribution in [0.3, 0.4) is 0 Å². The fourth-order valence-corrected chi connectivity index (χ4v) is 3.17. The van der Waals surface area contributed by atoms with Crippen molar-refractivity contribution in [1.82, 2.24) is 5.32 Å². The summed E-state index contributed by atoms with van der Waals surface area (Å²) in [5, 5.41) is 7.43. The number of thiophene rings is 1. The number of rotatable bonds is 6. The van der Waals surface area contributed by atoms with E-state index in [1.165, 1.54) is 18.4 Å². The summed E-state index contributed by atoms with van der Waals surface area (Å²) in [6.07, 6.45) is 1.65. The Morgan fingerprint density at radius 1 is 1.00 bits per heavy atom. The lowest BCUT2D eigenvalue weighted by Crippen LogP contribution is -2.30. The Hall–Kier alpha value is -3.38. The fourth-order valence-electron chi connectivity index (χ4n) is 2.51. The molecule has 1 heterocycles. The van der Waals surface area contributed by atoms with Crippen LogP contribution in [-0.2, 0) is 4.79 Å². The Balaban J connectivity index is 1.85. The molecule has 5 nitrogen and oxygen atoms in total. The fraction of sp³-hybridized carbons (Fsp3) is 0.0909. The Morgan fingerprint density at radius 2 is 1.75 bits per heavy atom. The van der Waals surface area contributed by atoms with Crippen molar-refractivity contribution < 1.29 is 14.3 Å². The molecule has 0 bridgehead atoms. The Morgan fingerprint density at radius 3 is 2.43 bits per heavy atom. The first-order chi connectivity index (χ1) is 13.6. The van der Waals surface area contributed by atoms with E-state index in [1.807, 2.05) is 42.6 Å². The van der Waals surface area contributed by atoms with Gasteiger partial charge in [0.2, 0.25) is 0 Å². The first kappa shape index (κ1) is 19.4. The van der Waals surface area contributed by atoms with Crippen molar-refractivity contribution >= 4 is 34.9 Å². The molecule has 0 atom stereocenters. The van der Waals surface area contributed by atoms with Gasteiger partial charge in [-0.3, -0.25) is 9.59 Å². The highest BCUT2D eigenvalue weighted by Gasteiger charge is 2.16. The number of amides is 2. The van der Waals surface area contributed by atoms with Gasteiger partial charge in [0, 0.05) is 10.4 Å². The van der Waals surface area contributed by atoms with Crippen molar-refractivity contribution in [2.45, 2.75) is 6.92 Å². The molecule has 0 saturated heterocycles. The third kappa shape index (κ3) is 4.86. The Bertz CT molecular complexity index is 993. The monoisotopic (exact) mass is 392 g/mol. The zero-order valence-corrected chi connectivity index (χ0v) is 16.4. The van der Waals surface area contributed by atoms with Gasteiger partial charge in [-0.15, -0.1) is 11.3 Å². The molecular formula is C22H20N2O3S. The van der Waals surface area contributed by atoms with E-state index in [0.717, 1.165) is 10.4 Å². The third-order valence-corrected chi connectivity index (χ3v) is 4.81. The van der Waals surface area contributed by atoms with Gasteiger partial charge in [-0.2, -0.15) is 0 Å². The molecule has 0 radical (unpaired) electrons. The number of anilines is 1. The second-order valence-electron chi connectivity index (χ2n) is 6.05. The number of ether oxygens (including phenoxy) is 1. The number of nitrogens with one attached hydrogen (secondary N) is 2. The number of methoxy groups -OCH3 is 1. The van der Waals surface area contributed by atoms with Gasteiger partial charge in [0.05, 0.1) is 12.8 Å². The highest BCUT2D eigenvalue weighted by atomic mass is 32.1. The zero-order valence-electron chi connectivity index (χ0n) is 15.6. The summed E-state index contributed by atoms with van der Waals surface area (Å²) in [4.78, 5) is 26.4. The normalized spacial score (nSPS) is 11.0. The van der Waals surface area contributed by atoms with Crippen LogP contribution in [0.2, 0.25) is 0 Å². The van der Waals surface area contributed by atoms with Gasteiger partial charge in [-0.25, -0.2) is 0 Å². The van der Waals surface area contributed by atoms with Crippen LogP contribution in [0.15, 0.2) is 71.7 Å². The highest BCUT2D eigenvalue weighted by Crippen LogP contribution is 2.24. The van der Waals surface area contributed by atoms with E-state index in [2.05, 4.69) is 10.6 Å². The van der Waals surface area contributed by atoms with Gasteiger partial charge in [-0.1, -0.05) is 35.9 Å². The van der Waals surface area contributed by atoms with E-state index in [0.29, 0.717) is 17.0 Å². The van der Waals surface area contributed by atoms with Crippen molar-refractivity contribution in [3.8, 4) is 5.75 Å².